The number of hydrogen-bond donors (Lipinski definition) is 1. The summed E-state index contributed by atoms with van der Waals surface area (Å²) in [5.41, 5.74) is 3.99. The van der Waals surface area contributed by atoms with E-state index >= 15 is 0 Å². The largest absolute Gasteiger partial charge is 0.461 e. The van der Waals surface area contributed by atoms with Gasteiger partial charge in [-0.3, -0.25) is 9.36 Å². The minimum Gasteiger partial charge on any atom is -0.461 e. The molecule has 0 aliphatic rings. The Hall–Kier alpha value is -3.32. The molecule has 0 saturated heterocycles. The zero-order valence-electron chi connectivity index (χ0n) is 16.1. The molecular weight excluding hydrogens is 384 g/mol. The second-order valence-corrected chi connectivity index (χ2v) is 7.60. The van der Waals surface area contributed by atoms with Crippen molar-refractivity contribution in [1.82, 2.24) is 14.8 Å². The van der Waals surface area contributed by atoms with Gasteiger partial charge in [0.1, 0.15) is 0 Å². The fraction of sp³-hybridized carbons (Fsp3) is 0.136. The number of carbonyl (C=O) groups excluding carboxylic acids is 1. The van der Waals surface area contributed by atoms with Crippen LogP contribution in [-0.4, -0.2) is 26.4 Å². The lowest BCUT2D eigenvalue weighted by Crippen LogP contribution is -2.14. The standard InChI is InChI=1S/C22H20N4O2S/c1-15-5-9-17(10-6-15)23-20(27)14-29-22-25-24-21(19-4-3-13-28-19)26(22)18-11-7-16(2)8-12-18/h3-13H,14H2,1-2H3,(H,23,27). The van der Waals surface area contributed by atoms with Gasteiger partial charge in [-0.15, -0.1) is 10.2 Å². The van der Waals surface area contributed by atoms with Crippen LogP contribution in [0.15, 0.2) is 76.5 Å². The zero-order valence-corrected chi connectivity index (χ0v) is 16.9. The number of benzene rings is 2. The van der Waals surface area contributed by atoms with Gasteiger partial charge in [0.05, 0.1) is 12.0 Å². The normalized spacial score (nSPS) is 10.8. The van der Waals surface area contributed by atoms with Crippen molar-refractivity contribution >= 4 is 23.4 Å². The minimum atomic E-state index is -0.100. The van der Waals surface area contributed by atoms with E-state index in [9.17, 15) is 4.79 Å². The molecule has 7 heteroatoms. The molecule has 6 nitrogen and oxygen atoms in total. The number of furan rings is 1. The zero-order chi connectivity index (χ0) is 20.2. The lowest BCUT2D eigenvalue weighted by Gasteiger charge is -2.10. The number of aromatic nitrogens is 3. The first-order valence-corrected chi connectivity index (χ1v) is 10.1. The van der Waals surface area contributed by atoms with E-state index in [1.807, 2.05) is 79.1 Å². The van der Waals surface area contributed by atoms with Gasteiger partial charge < -0.3 is 9.73 Å². The molecule has 29 heavy (non-hydrogen) atoms. The lowest BCUT2D eigenvalue weighted by molar-refractivity contribution is -0.113. The Kier molecular flexibility index (Phi) is 5.48. The van der Waals surface area contributed by atoms with Gasteiger partial charge >= 0.3 is 0 Å². The number of anilines is 1. The maximum absolute atomic E-state index is 12.4. The van der Waals surface area contributed by atoms with E-state index in [0.717, 1.165) is 22.5 Å². The van der Waals surface area contributed by atoms with Crippen LogP contribution < -0.4 is 5.32 Å². The number of nitrogens with zero attached hydrogens (tertiary/aromatic N) is 3. The second kappa shape index (κ2) is 8.36. The number of thioether (sulfide) groups is 1. The average molecular weight is 404 g/mol. The molecule has 0 radical (unpaired) electrons. The van der Waals surface area contributed by atoms with Crippen molar-refractivity contribution in [3.63, 3.8) is 0 Å². The van der Waals surface area contributed by atoms with Gasteiger partial charge in [-0.1, -0.05) is 47.2 Å². The third-order valence-electron chi connectivity index (χ3n) is 4.33. The van der Waals surface area contributed by atoms with Crippen molar-refractivity contribution in [2.75, 3.05) is 11.1 Å². The number of amides is 1. The average Bonchev–Trinajstić information content (AvgIpc) is 3.38. The molecule has 0 unspecified atom stereocenters. The Morgan fingerprint density at radius 2 is 1.69 bits per heavy atom. The Morgan fingerprint density at radius 3 is 2.34 bits per heavy atom. The van der Waals surface area contributed by atoms with Crippen LogP contribution in [0.1, 0.15) is 11.1 Å². The van der Waals surface area contributed by atoms with Crippen LogP contribution in [0.3, 0.4) is 0 Å². The number of hydrogen-bond acceptors (Lipinski definition) is 5. The Morgan fingerprint density at radius 1 is 1.00 bits per heavy atom. The van der Waals surface area contributed by atoms with Crippen LogP contribution in [0.25, 0.3) is 17.3 Å². The molecule has 2 aromatic carbocycles. The molecule has 0 atom stereocenters. The summed E-state index contributed by atoms with van der Waals surface area (Å²) in [5, 5.41) is 12.1. The highest BCUT2D eigenvalue weighted by molar-refractivity contribution is 7.99. The first-order chi connectivity index (χ1) is 14.1. The first kappa shape index (κ1) is 19.0. The smallest absolute Gasteiger partial charge is 0.234 e. The van der Waals surface area contributed by atoms with Crippen LogP contribution in [0, 0.1) is 13.8 Å². The van der Waals surface area contributed by atoms with E-state index in [1.54, 1.807) is 6.26 Å². The van der Waals surface area contributed by atoms with Crippen molar-refractivity contribution in [3.8, 4) is 17.3 Å². The lowest BCUT2D eigenvalue weighted by atomic mass is 10.2. The number of aryl methyl sites for hydroxylation is 2. The number of rotatable bonds is 6. The predicted molar refractivity (Wildman–Crippen MR) is 114 cm³/mol. The summed E-state index contributed by atoms with van der Waals surface area (Å²) >= 11 is 1.33. The fourth-order valence-electron chi connectivity index (χ4n) is 2.82. The van der Waals surface area contributed by atoms with Crippen LogP contribution in [0.2, 0.25) is 0 Å². The molecule has 2 heterocycles. The molecule has 4 rings (SSSR count). The van der Waals surface area contributed by atoms with Crippen LogP contribution >= 0.6 is 11.8 Å². The summed E-state index contributed by atoms with van der Waals surface area (Å²) in [6, 6.07) is 19.4. The Labute approximate surface area is 173 Å². The topological polar surface area (TPSA) is 73.0 Å². The van der Waals surface area contributed by atoms with Crippen LogP contribution in [0.4, 0.5) is 5.69 Å². The van der Waals surface area contributed by atoms with E-state index < -0.39 is 0 Å². The van der Waals surface area contributed by atoms with E-state index in [1.165, 1.54) is 11.8 Å². The molecule has 2 aromatic heterocycles. The van der Waals surface area contributed by atoms with Crippen molar-refractivity contribution in [1.29, 1.82) is 0 Å². The van der Waals surface area contributed by atoms with Gasteiger partial charge in [-0.05, 0) is 50.2 Å². The quantitative estimate of drug-likeness (QED) is 0.464. The van der Waals surface area contributed by atoms with E-state index in [2.05, 4.69) is 15.5 Å². The van der Waals surface area contributed by atoms with Gasteiger partial charge in [-0.25, -0.2) is 0 Å². The minimum absolute atomic E-state index is 0.100. The summed E-state index contributed by atoms with van der Waals surface area (Å²) < 4.78 is 7.43. The van der Waals surface area contributed by atoms with E-state index in [0.29, 0.717) is 16.7 Å². The molecule has 0 aliphatic heterocycles. The first-order valence-electron chi connectivity index (χ1n) is 9.16. The molecule has 0 saturated carbocycles. The predicted octanol–water partition coefficient (Wildman–Crippen LogP) is 4.87. The molecule has 4 aromatic rings. The molecule has 0 bridgehead atoms. The van der Waals surface area contributed by atoms with E-state index in [4.69, 9.17) is 4.42 Å². The highest BCUT2D eigenvalue weighted by Gasteiger charge is 2.19. The molecule has 1 amide bonds. The molecular formula is C22H20N4O2S. The summed E-state index contributed by atoms with van der Waals surface area (Å²) in [6.45, 7) is 4.05. The third kappa shape index (κ3) is 4.41. The van der Waals surface area contributed by atoms with Crippen LogP contribution in [-0.2, 0) is 4.79 Å². The van der Waals surface area contributed by atoms with Gasteiger partial charge in [0, 0.05) is 11.4 Å². The summed E-state index contributed by atoms with van der Waals surface area (Å²) in [7, 11) is 0. The van der Waals surface area contributed by atoms with Crippen LogP contribution in [0.5, 0.6) is 0 Å². The van der Waals surface area contributed by atoms with Crippen molar-refractivity contribution in [3.05, 3.63) is 78.1 Å². The van der Waals surface area contributed by atoms with Crippen molar-refractivity contribution in [2.45, 2.75) is 19.0 Å². The molecule has 1 N–H and O–H groups in total. The Bertz CT molecular complexity index is 1100. The maximum Gasteiger partial charge on any atom is 0.234 e. The summed E-state index contributed by atoms with van der Waals surface area (Å²) in [6.07, 6.45) is 1.60. The van der Waals surface area contributed by atoms with Crippen molar-refractivity contribution < 1.29 is 9.21 Å². The van der Waals surface area contributed by atoms with E-state index in [-0.39, 0.29) is 11.7 Å². The molecule has 0 aliphatic carbocycles. The highest BCUT2D eigenvalue weighted by atomic mass is 32.2. The highest BCUT2D eigenvalue weighted by Crippen LogP contribution is 2.28. The number of carbonyl (C=O) groups is 1. The second-order valence-electron chi connectivity index (χ2n) is 6.66. The van der Waals surface area contributed by atoms with Gasteiger partial charge in [-0.2, -0.15) is 0 Å². The fourth-order valence-corrected chi connectivity index (χ4v) is 3.57. The van der Waals surface area contributed by atoms with Gasteiger partial charge in [0.25, 0.3) is 0 Å². The maximum atomic E-state index is 12.4. The van der Waals surface area contributed by atoms with Gasteiger partial charge in [0.2, 0.25) is 11.7 Å². The molecule has 146 valence electrons. The van der Waals surface area contributed by atoms with Crippen molar-refractivity contribution in [2.24, 2.45) is 0 Å². The summed E-state index contributed by atoms with van der Waals surface area (Å²) in [4.78, 5) is 12.4. The summed E-state index contributed by atoms with van der Waals surface area (Å²) in [5.74, 6) is 1.34. The SMILES string of the molecule is Cc1ccc(NC(=O)CSc2nnc(-c3ccco3)n2-c2ccc(C)cc2)cc1. The third-order valence-corrected chi connectivity index (χ3v) is 5.26. The Balaban J connectivity index is 1.56. The molecule has 0 fully saturated rings. The number of nitrogens with one attached hydrogen (secondary N) is 1. The monoisotopic (exact) mass is 404 g/mol. The van der Waals surface area contributed by atoms with Gasteiger partial charge in [0.15, 0.2) is 10.9 Å². The molecule has 0 spiro atoms.